The topological polar surface area (TPSA) is 29.4 Å². The lowest BCUT2D eigenvalue weighted by Gasteiger charge is -2.10. The zero-order valence-electron chi connectivity index (χ0n) is 8.18. The molecule has 1 fully saturated rings. The number of aryl methyl sites for hydroxylation is 1. The molecule has 78 valence electrons. The average Bonchev–Trinajstić information content (AvgIpc) is 2.93. The third kappa shape index (κ3) is 1.57. The summed E-state index contributed by atoms with van der Waals surface area (Å²) in [5.74, 6) is -1.23. The molecule has 0 heterocycles. The summed E-state index contributed by atoms with van der Waals surface area (Å²) in [7, 11) is 0. The summed E-state index contributed by atoms with van der Waals surface area (Å²) in [5.41, 5.74) is -0.117. The maximum absolute atomic E-state index is 13.5. The van der Waals surface area contributed by atoms with Crippen molar-refractivity contribution in [2.24, 2.45) is 4.99 Å². The average molecular weight is 209 g/mol. The molecule has 0 atom stereocenters. The van der Waals surface area contributed by atoms with Crippen molar-refractivity contribution in [2.75, 3.05) is 0 Å². The Kier molecular flexibility index (Phi) is 2.16. The van der Waals surface area contributed by atoms with Crippen LogP contribution in [0.3, 0.4) is 0 Å². The molecule has 0 N–H and O–H groups in total. The predicted molar refractivity (Wildman–Crippen MR) is 50.1 cm³/mol. The zero-order valence-corrected chi connectivity index (χ0v) is 8.18. The second-order valence-corrected chi connectivity index (χ2v) is 3.82. The zero-order chi connectivity index (χ0) is 11.1. The van der Waals surface area contributed by atoms with Gasteiger partial charge < -0.3 is 0 Å². The summed E-state index contributed by atoms with van der Waals surface area (Å²) < 4.78 is 26.5. The Hall–Kier alpha value is -1.54. The summed E-state index contributed by atoms with van der Waals surface area (Å²) in [6.07, 6.45) is 2.68. The highest BCUT2D eigenvalue weighted by Gasteiger charge is 2.46. The van der Waals surface area contributed by atoms with Crippen LogP contribution in [0.4, 0.5) is 8.78 Å². The molecule has 0 saturated heterocycles. The van der Waals surface area contributed by atoms with Gasteiger partial charge in [-0.15, -0.1) is 0 Å². The molecule has 1 aromatic carbocycles. The van der Waals surface area contributed by atoms with Crippen LogP contribution < -0.4 is 0 Å². The van der Waals surface area contributed by atoms with Crippen LogP contribution in [-0.4, -0.2) is 6.08 Å². The van der Waals surface area contributed by atoms with Gasteiger partial charge in [-0.05, 0) is 31.4 Å². The summed E-state index contributed by atoms with van der Waals surface area (Å²) >= 11 is 0. The number of aliphatic imine (C=N–C) groups is 1. The molecule has 1 aliphatic rings. The van der Waals surface area contributed by atoms with Crippen LogP contribution in [-0.2, 0) is 10.3 Å². The van der Waals surface area contributed by atoms with Gasteiger partial charge in [0, 0.05) is 11.6 Å². The highest BCUT2D eigenvalue weighted by atomic mass is 19.1. The Balaban J connectivity index is 2.54. The predicted octanol–water partition coefficient (Wildman–Crippen LogP) is 2.60. The van der Waals surface area contributed by atoms with Gasteiger partial charge in [-0.3, -0.25) is 0 Å². The minimum Gasteiger partial charge on any atom is -0.211 e. The molecule has 1 aromatic rings. The van der Waals surface area contributed by atoms with Gasteiger partial charge in [-0.25, -0.2) is 13.6 Å². The number of nitrogens with zero attached hydrogens (tertiary/aromatic N) is 1. The molecule has 0 amide bonds. The Morgan fingerprint density at radius 2 is 2.00 bits per heavy atom. The van der Waals surface area contributed by atoms with E-state index in [1.807, 2.05) is 0 Å². The van der Waals surface area contributed by atoms with Crippen LogP contribution >= 0.6 is 0 Å². The van der Waals surface area contributed by atoms with Gasteiger partial charge >= 0.3 is 0 Å². The Morgan fingerprint density at radius 3 is 2.53 bits per heavy atom. The fraction of sp³-hybridized carbons (Fsp3) is 0.364. The first kappa shape index (κ1) is 9.99. The van der Waals surface area contributed by atoms with Crippen LogP contribution in [0, 0.1) is 18.6 Å². The van der Waals surface area contributed by atoms with Crippen LogP contribution in [0.1, 0.15) is 24.0 Å². The minimum atomic E-state index is -0.774. The molecule has 0 spiro atoms. The second-order valence-electron chi connectivity index (χ2n) is 3.82. The molecule has 0 bridgehead atoms. The van der Waals surface area contributed by atoms with Crippen LogP contribution in [0.15, 0.2) is 17.1 Å². The Bertz CT molecular complexity index is 460. The summed E-state index contributed by atoms with van der Waals surface area (Å²) in [6.45, 7) is 1.55. The normalized spacial score (nSPS) is 17.0. The first-order chi connectivity index (χ1) is 7.09. The van der Waals surface area contributed by atoms with E-state index in [9.17, 15) is 13.6 Å². The molecule has 1 aliphatic carbocycles. The van der Waals surface area contributed by atoms with Gasteiger partial charge in [0.05, 0.1) is 0 Å². The summed E-state index contributed by atoms with van der Waals surface area (Å²) in [6, 6.07) is 2.25. The fourth-order valence-electron chi connectivity index (χ4n) is 1.66. The lowest BCUT2D eigenvalue weighted by atomic mass is 10.0. The first-order valence-corrected chi connectivity index (χ1v) is 4.64. The number of benzene rings is 1. The molecule has 1 saturated carbocycles. The number of isocyanates is 1. The fourth-order valence-corrected chi connectivity index (χ4v) is 1.66. The van der Waals surface area contributed by atoms with Gasteiger partial charge in [0.15, 0.2) is 0 Å². The van der Waals surface area contributed by atoms with Crippen molar-refractivity contribution in [3.63, 3.8) is 0 Å². The quantitative estimate of drug-likeness (QED) is 0.543. The second kappa shape index (κ2) is 3.24. The molecular formula is C11H9F2NO. The van der Waals surface area contributed by atoms with E-state index >= 15 is 0 Å². The molecule has 0 unspecified atom stereocenters. The van der Waals surface area contributed by atoms with E-state index in [-0.39, 0.29) is 0 Å². The standard InChI is InChI=1S/C11H9F2NO/c1-7-4-8(10(13)5-9(7)12)11(2-3-11)14-6-15/h4-5H,2-3H2,1H3. The number of hydrogen-bond acceptors (Lipinski definition) is 2. The molecule has 0 aromatic heterocycles. The first-order valence-electron chi connectivity index (χ1n) is 4.64. The SMILES string of the molecule is Cc1cc(C2(N=C=O)CC2)c(F)cc1F. The van der Waals surface area contributed by atoms with Crippen molar-refractivity contribution in [1.82, 2.24) is 0 Å². The largest absolute Gasteiger partial charge is 0.235 e. The summed E-state index contributed by atoms with van der Waals surface area (Å²) in [4.78, 5) is 13.8. The van der Waals surface area contributed by atoms with E-state index in [1.165, 1.54) is 12.1 Å². The van der Waals surface area contributed by atoms with E-state index in [0.29, 0.717) is 24.0 Å². The van der Waals surface area contributed by atoms with Crippen molar-refractivity contribution in [3.8, 4) is 0 Å². The smallest absolute Gasteiger partial charge is 0.211 e. The third-order valence-corrected chi connectivity index (χ3v) is 2.73. The van der Waals surface area contributed by atoms with E-state index in [4.69, 9.17) is 0 Å². The van der Waals surface area contributed by atoms with Crippen molar-refractivity contribution >= 4 is 6.08 Å². The van der Waals surface area contributed by atoms with E-state index < -0.39 is 17.2 Å². The maximum atomic E-state index is 13.5. The highest BCUT2D eigenvalue weighted by molar-refractivity contribution is 5.42. The van der Waals surface area contributed by atoms with E-state index in [0.717, 1.165) is 6.07 Å². The van der Waals surface area contributed by atoms with Crippen molar-refractivity contribution in [2.45, 2.75) is 25.3 Å². The van der Waals surface area contributed by atoms with Crippen molar-refractivity contribution in [1.29, 1.82) is 0 Å². The van der Waals surface area contributed by atoms with Crippen LogP contribution in [0.2, 0.25) is 0 Å². The number of carbonyl (C=O) groups excluding carboxylic acids is 1. The Morgan fingerprint density at radius 1 is 1.33 bits per heavy atom. The van der Waals surface area contributed by atoms with Crippen LogP contribution in [0.25, 0.3) is 0 Å². The third-order valence-electron chi connectivity index (χ3n) is 2.73. The molecule has 2 rings (SSSR count). The van der Waals surface area contributed by atoms with Gasteiger partial charge in [0.25, 0.3) is 0 Å². The highest BCUT2D eigenvalue weighted by Crippen LogP contribution is 2.50. The molecule has 2 nitrogen and oxygen atoms in total. The number of halogens is 2. The van der Waals surface area contributed by atoms with Gasteiger partial charge in [-0.1, -0.05) is 0 Å². The molecule has 0 radical (unpaired) electrons. The lowest BCUT2D eigenvalue weighted by Crippen LogP contribution is -2.07. The van der Waals surface area contributed by atoms with Gasteiger partial charge in [0.1, 0.15) is 17.2 Å². The molecular weight excluding hydrogens is 200 g/mol. The summed E-state index contributed by atoms with van der Waals surface area (Å²) in [5, 5.41) is 0. The van der Waals surface area contributed by atoms with Gasteiger partial charge in [0.2, 0.25) is 6.08 Å². The van der Waals surface area contributed by atoms with E-state index in [2.05, 4.69) is 4.99 Å². The number of hydrogen-bond donors (Lipinski definition) is 0. The molecule has 15 heavy (non-hydrogen) atoms. The minimum absolute atomic E-state index is 0.296. The monoisotopic (exact) mass is 209 g/mol. The number of rotatable bonds is 2. The molecule has 0 aliphatic heterocycles. The molecule has 4 heteroatoms. The van der Waals surface area contributed by atoms with E-state index in [1.54, 1.807) is 6.92 Å². The Labute approximate surface area is 85.6 Å². The maximum Gasteiger partial charge on any atom is 0.235 e. The van der Waals surface area contributed by atoms with Crippen LogP contribution in [0.5, 0.6) is 0 Å². The lowest BCUT2D eigenvalue weighted by molar-refractivity contribution is 0.537. The van der Waals surface area contributed by atoms with Gasteiger partial charge in [-0.2, -0.15) is 4.99 Å². The van der Waals surface area contributed by atoms with Crippen molar-refractivity contribution in [3.05, 3.63) is 34.9 Å². The van der Waals surface area contributed by atoms with Crippen molar-refractivity contribution < 1.29 is 13.6 Å².